The molecule has 1 aromatic carbocycles. The van der Waals surface area contributed by atoms with Crippen LogP contribution in [0.25, 0.3) is 0 Å². The Morgan fingerprint density at radius 2 is 1.83 bits per heavy atom. The number of carbonyl (C=O) groups excluding carboxylic acids is 1. The number of hydrogen-bond donors (Lipinski definition) is 1. The lowest BCUT2D eigenvalue weighted by Crippen LogP contribution is -2.52. The van der Waals surface area contributed by atoms with Gasteiger partial charge in [-0.2, -0.15) is 13.2 Å². The number of nitrogens with zero attached hydrogens (tertiary/aromatic N) is 2. The van der Waals surface area contributed by atoms with Crippen molar-refractivity contribution in [2.45, 2.75) is 56.2 Å². The summed E-state index contributed by atoms with van der Waals surface area (Å²) in [5, 5.41) is 11.1. The zero-order valence-corrected chi connectivity index (χ0v) is 15.6. The van der Waals surface area contributed by atoms with Gasteiger partial charge in [0.1, 0.15) is 6.61 Å². The van der Waals surface area contributed by atoms with Gasteiger partial charge in [-0.05, 0) is 24.5 Å². The van der Waals surface area contributed by atoms with E-state index < -0.39 is 23.4 Å². The molecule has 2 aliphatic rings. The first-order chi connectivity index (χ1) is 13.8. The van der Waals surface area contributed by atoms with Gasteiger partial charge < -0.3 is 14.7 Å². The van der Waals surface area contributed by atoms with E-state index in [2.05, 4.69) is 4.98 Å². The molecule has 2 atom stereocenters. The monoisotopic (exact) mass is 406 g/mol. The number of ether oxygens (including phenoxy) is 1. The zero-order chi connectivity index (χ0) is 20.6. The molecule has 1 N–H and O–H groups in total. The van der Waals surface area contributed by atoms with Crippen molar-refractivity contribution in [2.24, 2.45) is 0 Å². The van der Waals surface area contributed by atoms with E-state index in [1.165, 1.54) is 6.20 Å². The minimum Gasteiger partial charge on any atom is -0.445 e. The van der Waals surface area contributed by atoms with Gasteiger partial charge in [-0.25, -0.2) is 4.79 Å². The van der Waals surface area contributed by atoms with E-state index in [0.717, 1.165) is 17.8 Å². The number of carbonyl (C=O) groups is 1. The Bertz CT molecular complexity index is 874. The van der Waals surface area contributed by atoms with Crippen molar-refractivity contribution in [3.63, 3.8) is 0 Å². The fourth-order valence-electron chi connectivity index (χ4n) is 4.40. The predicted molar refractivity (Wildman–Crippen MR) is 97.6 cm³/mol. The summed E-state index contributed by atoms with van der Waals surface area (Å²) in [5.41, 5.74) is -1.32. The van der Waals surface area contributed by atoms with Gasteiger partial charge >= 0.3 is 12.3 Å². The number of rotatable bonds is 3. The molecule has 3 heterocycles. The van der Waals surface area contributed by atoms with Crippen LogP contribution in [0.2, 0.25) is 0 Å². The molecule has 2 aliphatic heterocycles. The van der Waals surface area contributed by atoms with Gasteiger partial charge in [0, 0.05) is 42.9 Å². The molecule has 2 fully saturated rings. The van der Waals surface area contributed by atoms with E-state index in [0.29, 0.717) is 12.8 Å². The van der Waals surface area contributed by atoms with Crippen molar-refractivity contribution in [3.05, 3.63) is 65.5 Å². The molecule has 0 spiro atoms. The van der Waals surface area contributed by atoms with Crippen LogP contribution in [0.3, 0.4) is 0 Å². The van der Waals surface area contributed by atoms with Crippen LogP contribution in [0.4, 0.5) is 18.0 Å². The van der Waals surface area contributed by atoms with Crippen molar-refractivity contribution in [3.8, 4) is 0 Å². The zero-order valence-electron chi connectivity index (χ0n) is 15.6. The standard InChI is InChI=1S/C21H21F3N2O3/c22-21(23,24)16-8-15(11-25-12-16)20(28)9-17-6-7-18(10-20)26(17)19(27)29-13-14-4-2-1-3-5-14/h1-5,8,11-12,17-18,28H,6-7,9-10,13H2. The smallest absolute Gasteiger partial charge is 0.417 e. The van der Waals surface area contributed by atoms with Gasteiger partial charge in [-0.15, -0.1) is 0 Å². The van der Waals surface area contributed by atoms with Crippen molar-refractivity contribution in [1.29, 1.82) is 0 Å². The normalized spacial score (nSPS) is 26.4. The molecule has 1 amide bonds. The molecule has 0 radical (unpaired) electrons. The van der Waals surface area contributed by atoms with Gasteiger partial charge in [0.2, 0.25) is 0 Å². The van der Waals surface area contributed by atoms with Crippen LogP contribution in [0.15, 0.2) is 48.8 Å². The second-order valence-electron chi connectivity index (χ2n) is 7.73. The molecule has 29 heavy (non-hydrogen) atoms. The Morgan fingerprint density at radius 1 is 1.17 bits per heavy atom. The summed E-state index contributed by atoms with van der Waals surface area (Å²) in [5.74, 6) is 0. The molecule has 5 nitrogen and oxygen atoms in total. The lowest BCUT2D eigenvalue weighted by molar-refractivity contribution is -0.138. The molecular weight excluding hydrogens is 385 g/mol. The number of hydrogen-bond acceptors (Lipinski definition) is 4. The number of fused-ring (bicyclic) bond motifs is 2. The summed E-state index contributed by atoms with van der Waals surface area (Å²) in [6, 6.07) is 9.70. The SMILES string of the molecule is O=C(OCc1ccccc1)N1C2CCC1CC(O)(c1cncc(C(F)(F)F)c1)C2. The summed E-state index contributed by atoms with van der Waals surface area (Å²) in [4.78, 5) is 17.9. The summed E-state index contributed by atoms with van der Waals surface area (Å²) < 4.78 is 44.5. The minimum atomic E-state index is -4.53. The second kappa shape index (κ2) is 7.33. The molecule has 8 heteroatoms. The molecule has 0 aliphatic carbocycles. The van der Waals surface area contributed by atoms with E-state index >= 15 is 0 Å². The fraction of sp³-hybridized carbons (Fsp3) is 0.429. The number of aromatic nitrogens is 1. The number of aliphatic hydroxyl groups is 1. The Morgan fingerprint density at radius 3 is 2.45 bits per heavy atom. The molecule has 0 saturated carbocycles. The topological polar surface area (TPSA) is 62.7 Å². The number of piperidine rings is 1. The van der Waals surface area contributed by atoms with Gasteiger partial charge in [-0.1, -0.05) is 30.3 Å². The van der Waals surface area contributed by atoms with Crippen LogP contribution in [-0.2, 0) is 23.1 Å². The predicted octanol–water partition coefficient (Wildman–Crippen LogP) is 4.25. The molecule has 2 bridgehead atoms. The average Bonchev–Trinajstić information content (AvgIpc) is 2.98. The number of alkyl halides is 3. The van der Waals surface area contributed by atoms with E-state index in [1.807, 2.05) is 30.3 Å². The number of benzene rings is 1. The van der Waals surface area contributed by atoms with Crippen LogP contribution in [-0.4, -0.2) is 33.2 Å². The average molecular weight is 406 g/mol. The second-order valence-corrected chi connectivity index (χ2v) is 7.73. The van der Waals surface area contributed by atoms with Crippen molar-refractivity contribution in [2.75, 3.05) is 0 Å². The van der Waals surface area contributed by atoms with Gasteiger partial charge in [0.15, 0.2) is 0 Å². The minimum absolute atomic E-state index is 0.140. The molecule has 154 valence electrons. The maximum atomic E-state index is 13.0. The maximum absolute atomic E-state index is 13.0. The number of pyridine rings is 1. The summed E-state index contributed by atoms with van der Waals surface area (Å²) in [6.07, 6.45) is -1.28. The highest BCUT2D eigenvalue weighted by atomic mass is 19.4. The highest BCUT2D eigenvalue weighted by Gasteiger charge is 2.51. The van der Waals surface area contributed by atoms with Gasteiger partial charge in [0.25, 0.3) is 0 Å². The van der Waals surface area contributed by atoms with Gasteiger partial charge in [-0.3, -0.25) is 4.98 Å². The van der Waals surface area contributed by atoms with E-state index in [4.69, 9.17) is 4.74 Å². The lowest BCUT2D eigenvalue weighted by Gasteiger charge is -2.43. The Hall–Kier alpha value is -2.61. The molecule has 2 saturated heterocycles. The lowest BCUT2D eigenvalue weighted by atomic mass is 9.81. The quantitative estimate of drug-likeness (QED) is 0.828. The highest BCUT2D eigenvalue weighted by molar-refractivity contribution is 5.69. The number of halogens is 3. The maximum Gasteiger partial charge on any atom is 0.417 e. The highest BCUT2D eigenvalue weighted by Crippen LogP contribution is 2.46. The number of amides is 1. The molecule has 2 unspecified atom stereocenters. The fourth-order valence-corrected chi connectivity index (χ4v) is 4.40. The molecule has 2 aromatic rings. The van der Waals surface area contributed by atoms with E-state index in [9.17, 15) is 23.1 Å². The Kier molecular flexibility index (Phi) is 4.98. The van der Waals surface area contributed by atoms with E-state index in [1.54, 1.807) is 4.90 Å². The van der Waals surface area contributed by atoms with Crippen LogP contribution in [0.1, 0.15) is 42.4 Å². The summed E-state index contributed by atoms with van der Waals surface area (Å²) in [6.45, 7) is 0.150. The van der Waals surface area contributed by atoms with Crippen molar-refractivity contribution in [1.82, 2.24) is 9.88 Å². The largest absolute Gasteiger partial charge is 0.445 e. The summed E-state index contributed by atoms with van der Waals surface area (Å²) >= 11 is 0. The third kappa shape index (κ3) is 3.94. The van der Waals surface area contributed by atoms with Crippen molar-refractivity contribution < 1.29 is 27.8 Å². The summed E-state index contributed by atoms with van der Waals surface area (Å²) in [7, 11) is 0. The van der Waals surface area contributed by atoms with Gasteiger partial charge in [0.05, 0.1) is 11.2 Å². The van der Waals surface area contributed by atoms with Crippen LogP contribution < -0.4 is 0 Å². The van der Waals surface area contributed by atoms with E-state index in [-0.39, 0.29) is 37.1 Å². The Labute approximate surface area is 166 Å². The molecule has 1 aromatic heterocycles. The van der Waals surface area contributed by atoms with Crippen LogP contribution >= 0.6 is 0 Å². The first-order valence-electron chi connectivity index (χ1n) is 9.50. The van der Waals surface area contributed by atoms with Crippen LogP contribution in [0, 0.1) is 0 Å². The third-order valence-electron chi connectivity index (χ3n) is 5.79. The van der Waals surface area contributed by atoms with Crippen LogP contribution in [0.5, 0.6) is 0 Å². The Balaban J connectivity index is 1.48. The van der Waals surface area contributed by atoms with Crippen molar-refractivity contribution >= 4 is 6.09 Å². The first kappa shape index (κ1) is 19.7. The molecular formula is C21H21F3N2O3. The molecule has 4 rings (SSSR count). The first-order valence-corrected chi connectivity index (χ1v) is 9.50. The third-order valence-corrected chi connectivity index (χ3v) is 5.79.